The largest absolute Gasteiger partial charge is 0.406 e. The van der Waals surface area contributed by atoms with Crippen LogP contribution in [0, 0.1) is 10.1 Å². The molecule has 1 N–H and O–H groups in total. The Morgan fingerprint density at radius 1 is 1.69 bits per heavy atom. The number of rotatable bonds is 4. The quantitative estimate of drug-likeness (QED) is 0.627. The highest BCUT2D eigenvalue weighted by atomic mass is 16.6. The minimum atomic E-state index is -0.440. The first-order valence-electron chi connectivity index (χ1n) is 5.52. The fourth-order valence-electron chi connectivity index (χ4n) is 2.12. The van der Waals surface area contributed by atoms with Gasteiger partial charge in [0.25, 0.3) is 0 Å². The van der Waals surface area contributed by atoms with Crippen molar-refractivity contribution < 1.29 is 4.92 Å². The number of nitrogens with one attached hydrogen (secondary N) is 1. The standard InChI is InChI=1S/C10H16N4O2/c1-3-10(5-4-6-10)12-9-8(14(15)16)11-7-13(9)2/h7,12H,3-6H2,1-2H3. The summed E-state index contributed by atoms with van der Waals surface area (Å²) in [5.74, 6) is 0.439. The van der Waals surface area contributed by atoms with E-state index in [2.05, 4.69) is 17.2 Å². The van der Waals surface area contributed by atoms with E-state index in [0.717, 1.165) is 19.3 Å². The summed E-state index contributed by atoms with van der Waals surface area (Å²) in [7, 11) is 1.77. The lowest BCUT2D eigenvalue weighted by atomic mass is 9.75. The summed E-state index contributed by atoms with van der Waals surface area (Å²) < 4.78 is 1.67. The van der Waals surface area contributed by atoms with Gasteiger partial charge in [-0.25, -0.2) is 0 Å². The minimum Gasteiger partial charge on any atom is -0.359 e. The average Bonchev–Trinajstić information content (AvgIpc) is 2.54. The van der Waals surface area contributed by atoms with Crippen LogP contribution in [0.4, 0.5) is 11.6 Å². The Kier molecular flexibility index (Phi) is 2.57. The van der Waals surface area contributed by atoms with Crippen LogP contribution in [0.5, 0.6) is 0 Å². The van der Waals surface area contributed by atoms with Gasteiger partial charge >= 0.3 is 5.82 Å². The zero-order valence-corrected chi connectivity index (χ0v) is 9.56. The number of anilines is 1. The van der Waals surface area contributed by atoms with Gasteiger partial charge in [0.1, 0.15) is 0 Å². The Hall–Kier alpha value is -1.59. The molecule has 0 unspecified atom stereocenters. The summed E-state index contributed by atoms with van der Waals surface area (Å²) in [5, 5.41) is 14.1. The second-order valence-electron chi connectivity index (χ2n) is 4.40. The number of hydrogen-bond acceptors (Lipinski definition) is 4. The molecule has 1 aliphatic rings. The number of imidazole rings is 1. The normalized spacial score (nSPS) is 17.9. The van der Waals surface area contributed by atoms with Gasteiger partial charge in [-0.3, -0.25) is 4.57 Å². The third-order valence-electron chi connectivity index (χ3n) is 3.46. The van der Waals surface area contributed by atoms with Gasteiger partial charge in [-0.15, -0.1) is 0 Å². The molecule has 16 heavy (non-hydrogen) atoms. The van der Waals surface area contributed by atoms with Gasteiger partial charge in [0.2, 0.25) is 12.1 Å². The summed E-state index contributed by atoms with van der Waals surface area (Å²) in [6, 6.07) is 0. The van der Waals surface area contributed by atoms with Crippen LogP contribution in [-0.4, -0.2) is 20.0 Å². The molecule has 0 aromatic carbocycles. The minimum absolute atomic E-state index is 0.0402. The molecule has 2 rings (SSSR count). The molecular weight excluding hydrogens is 208 g/mol. The summed E-state index contributed by atoms with van der Waals surface area (Å²) in [4.78, 5) is 14.2. The Morgan fingerprint density at radius 2 is 2.38 bits per heavy atom. The molecule has 1 heterocycles. The Bertz CT molecular complexity index is 403. The average molecular weight is 224 g/mol. The molecule has 0 atom stereocenters. The maximum absolute atomic E-state index is 10.8. The fraction of sp³-hybridized carbons (Fsp3) is 0.700. The lowest BCUT2D eigenvalue weighted by molar-refractivity contribution is -0.388. The zero-order chi connectivity index (χ0) is 11.8. The van der Waals surface area contributed by atoms with Gasteiger partial charge in [0.15, 0.2) is 0 Å². The van der Waals surface area contributed by atoms with Crippen molar-refractivity contribution >= 4 is 11.6 Å². The van der Waals surface area contributed by atoms with Gasteiger partial charge in [-0.2, -0.15) is 0 Å². The zero-order valence-electron chi connectivity index (χ0n) is 9.56. The van der Waals surface area contributed by atoms with Gasteiger partial charge in [-0.05, 0) is 35.6 Å². The van der Waals surface area contributed by atoms with E-state index >= 15 is 0 Å². The molecule has 0 bridgehead atoms. The molecule has 0 saturated heterocycles. The molecule has 1 aromatic heterocycles. The van der Waals surface area contributed by atoms with Crippen molar-refractivity contribution in [3.63, 3.8) is 0 Å². The van der Waals surface area contributed by atoms with Crippen molar-refractivity contribution in [2.45, 2.75) is 38.1 Å². The smallest absolute Gasteiger partial charge is 0.359 e. The molecule has 1 fully saturated rings. The number of hydrogen-bond donors (Lipinski definition) is 1. The first kappa shape index (κ1) is 10.9. The molecule has 0 radical (unpaired) electrons. The highest BCUT2D eigenvalue weighted by Gasteiger charge is 2.37. The first-order chi connectivity index (χ1) is 7.58. The molecular formula is C10H16N4O2. The highest BCUT2D eigenvalue weighted by molar-refractivity contribution is 5.54. The van der Waals surface area contributed by atoms with Crippen LogP contribution in [0.25, 0.3) is 0 Å². The van der Waals surface area contributed by atoms with Crippen molar-refractivity contribution in [1.29, 1.82) is 0 Å². The molecule has 0 amide bonds. The molecule has 6 nitrogen and oxygen atoms in total. The van der Waals surface area contributed by atoms with Crippen LogP contribution in [0.2, 0.25) is 0 Å². The van der Waals surface area contributed by atoms with Crippen molar-refractivity contribution in [2.24, 2.45) is 7.05 Å². The van der Waals surface area contributed by atoms with Gasteiger partial charge in [-0.1, -0.05) is 6.92 Å². The Morgan fingerprint density at radius 3 is 2.81 bits per heavy atom. The van der Waals surface area contributed by atoms with Crippen LogP contribution < -0.4 is 5.32 Å². The lowest BCUT2D eigenvalue weighted by Gasteiger charge is -2.42. The van der Waals surface area contributed by atoms with Crippen LogP contribution >= 0.6 is 0 Å². The summed E-state index contributed by atoms with van der Waals surface area (Å²) >= 11 is 0. The molecule has 6 heteroatoms. The molecule has 0 aliphatic heterocycles. The number of nitrogens with zero attached hydrogens (tertiary/aromatic N) is 3. The summed E-state index contributed by atoms with van der Waals surface area (Å²) in [6.07, 6.45) is 5.79. The summed E-state index contributed by atoms with van der Waals surface area (Å²) in [6.45, 7) is 2.11. The predicted molar refractivity (Wildman–Crippen MR) is 60.4 cm³/mol. The first-order valence-corrected chi connectivity index (χ1v) is 5.52. The molecule has 1 aliphatic carbocycles. The van der Waals surface area contributed by atoms with E-state index in [0.29, 0.717) is 5.82 Å². The van der Waals surface area contributed by atoms with Gasteiger partial charge < -0.3 is 15.4 Å². The van der Waals surface area contributed by atoms with E-state index < -0.39 is 4.92 Å². The second-order valence-corrected chi connectivity index (χ2v) is 4.40. The number of nitro groups is 1. The van der Waals surface area contributed by atoms with Crippen LogP contribution in [0.15, 0.2) is 6.33 Å². The Labute approximate surface area is 93.8 Å². The van der Waals surface area contributed by atoms with E-state index in [-0.39, 0.29) is 11.4 Å². The second kappa shape index (κ2) is 3.77. The molecule has 0 spiro atoms. The molecule has 1 aromatic rings. The van der Waals surface area contributed by atoms with Gasteiger partial charge in [0.05, 0.1) is 0 Å². The monoisotopic (exact) mass is 224 g/mol. The van der Waals surface area contributed by atoms with Crippen molar-refractivity contribution in [3.8, 4) is 0 Å². The fourth-order valence-corrected chi connectivity index (χ4v) is 2.12. The lowest BCUT2D eigenvalue weighted by Crippen LogP contribution is -2.44. The third-order valence-corrected chi connectivity index (χ3v) is 3.46. The maximum atomic E-state index is 10.8. The predicted octanol–water partition coefficient (Wildman–Crippen LogP) is 2.07. The maximum Gasteiger partial charge on any atom is 0.406 e. The van der Waals surface area contributed by atoms with Crippen LogP contribution in [0.1, 0.15) is 32.6 Å². The van der Waals surface area contributed by atoms with Crippen LogP contribution in [-0.2, 0) is 7.05 Å². The number of aromatic nitrogens is 2. The highest BCUT2D eigenvalue weighted by Crippen LogP contribution is 2.39. The van der Waals surface area contributed by atoms with Crippen LogP contribution in [0.3, 0.4) is 0 Å². The van der Waals surface area contributed by atoms with Crippen molar-refractivity contribution in [2.75, 3.05) is 5.32 Å². The van der Waals surface area contributed by atoms with E-state index in [4.69, 9.17) is 0 Å². The molecule has 1 saturated carbocycles. The third kappa shape index (κ3) is 1.64. The van der Waals surface area contributed by atoms with Crippen molar-refractivity contribution in [1.82, 2.24) is 9.55 Å². The number of aryl methyl sites for hydroxylation is 1. The van der Waals surface area contributed by atoms with E-state index in [1.807, 2.05) is 0 Å². The summed E-state index contributed by atoms with van der Waals surface area (Å²) in [5.41, 5.74) is 0.0402. The van der Waals surface area contributed by atoms with E-state index in [1.54, 1.807) is 11.6 Å². The van der Waals surface area contributed by atoms with E-state index in [9.17, 15) is 10.1 Å². The molecule has 88 valence electrons. The van der Waals surface area contributed by atoms with E-state index in [1.165, 1.54) is 12.7 Å². The Balaban J connectivity index is 2.26. The topological polar surface area (TPSA) is 73.0 Å². The SMILES string of the molecule is CCC1(Nc2c([N+](=O)[O-])ncn2C)CCC1. The van der Waals surface area contributed by atoms with Gasteiger partial charge in [0, 0.05) is 12.6 Å². The van der Waals surface area contributed by atoms with Crippen molar-refractivity contribution in [3.05, 3.63) is 16.4 Å².